The maximum atomic E-state index is 12.2. The van der Waals surface area contributed by atoms with E-state index in [1.807, 2.05) is 0 Å². The van der Waals surface area contributed by atoms with E-state index in [-0.39, 0.29) is 0 Å². The Bertz CT molecular complexity index is 793. The first-order valence-corrected chi connectivity index (χ1v) is 7.63. The largest absolute Gasteiger partial charge is 0.497 e. The highest BCUT2D eigenvalue weighted by molar-refractivity contribution is 5.97. The van der Waals surface area contributed by atoms with E-state index in [4.69, 9.17) is 18.6 Å². The van der Waals surface area contributed by atoms with Gasteiger partial charge in [-0.05, 0) is 32.9 Å². The zero-order valence-corrected chi connectivity index (χ0v) is 14.9. The van der Waals surface area contributed by atoms with E-state index in [1.165, 1.54) is 14.2 Å². The first kappa shape index (κ1) is 18.4. The number of hydrogen-bond donors (Lipinski definition) is 1. The molecule has 0 spiro atoms. The summed E-state index contributed by atoms with van der Waals surface area (Å²) in [6, 6.07) is 5.00. The van der Waals surface area contributed by atoms with Crippen molar-refractivity contribution in [3.8, 4) is 11.5 Å². The number of amides is 1. The molecular formula is C18H21NO6. The van der Waals surface area contributed by atoms with E-state index in [1.54, 1.807) is 39.0 Å². The van der Waals surface area contributed by atoms with Crippen molar-refractivity contribution in [1.29, 1.82) is 0 Å². The number of carbonyl (C=O) groups excluding carboxylic acids is 2. The van der Waals surface area contributed by atoms with Crippen LogP contribution in [0.3, 0.4) is 0 Å². The monoisotopic (exact) mass is 347 g/mol. The second kappa shape index (κ2) is 7.74. The highest BCUT2D eigenvalue weighted by Gasteiger charge is 2.21. The summed E-state index contributed by atoms with van der Waals surface area (Å²) >= 11 is 0. The second-order valence-electron chi connectivity index (χ2n) is 5.40. The Morgan fingerprint density at radius 3 is 2.36 bits per heavy atom. The molecule has 0 bridgehead atoms. The van der Waals surface area contributed by atoms with Crippen molar-refractivity contribution in [1.82, 2.24) is 0 Å². The van der Waals surface area contributed by atoms with Crippen molar-refractivity contribution in [3.05, 3.63) is 40.8 Å². The van der Waals surface area contributed by atoms with Crippen molar-refractivity contribution >= 4 is 17.6 Å². The summed E-state index contributed by atoms with van der Waals surface area (Å²) in [6.07, 6.45) is 0. The fraction of sp³-hybridized carbons (Fsp3) is 0.333. The van der Waals surface area contributed by atoms with Crippen LogP contribution >= 0.6 is 0 Å². The molecule has 1 N–H and O–H groups in total. The van der Waals surface area contributed by atoms with E-state index >= 15 is 0 Å². The number of carbonyl (C=O) groups is 2. The van der Waals surface area contributed by atoms with E-state index in [2.05, 4.69) is 5.32 Å². The molecule has 7 heteroatoms. The van der Waals surface area contributed by atoms with E-state index in [0.717, 1.165) is 0 Å². The first-order chi connectivity index (χ1) is 11.9. The number of anilines is 1. The molecule has 1 heterocycles. The van der Waals surface area contributed by atoms with Gasteiger partial charge in [0.05, 0.1) is 19.9 Å². The molecule has 2 rings (SSSR count). The highest BCUT2D eigenvalue weighted by Crippen LogP contribution is 2.28. The van der Waals surface area contributed by atoms with Crippen molar-refractivity contribution in [2.45, 2.75) is 20.8 Å². The van der Waals surface area contributed by atoms with Gasteiger partial charge in [-0.3, -0.25) is 4.79 Å². The molecule has 0 aliphatic rings. The zero-order chi connectivity index (χ0) is 18.6. The Morgan fingerprint density at radius 1 is 1.08 bits per heavy atom. The number of methoxy groups -OCH3 is 2. The molecule has 0 unspecified atom stereocenters. The van der Waals surface area contributed by atoms with Gasteiger partial charge < -0.3 is 23.9 Å². The third-order valence-electron chi connectivity index (χ3n) is 3.78. The topological polar surface area (TPSA) is 87.0 Å². The Morgan fingerprint density at radius 2 is 1.80 bits per heavy atom. The van der Waals surface area contributed by atoms with Crippen LogP contribution in [0.1, 0.15) is 27.4 Å². The number of nitrogens with one attached hydrogen (secondary N) is 1. The van der Waals surface area contributed by atoms with Crippen LogP contribution < -0.4 is 14.8 Å². The quantitative estimate of drug-likeness (QED) is 0.808. The number of esters is 1. The molecular weight excluding hydrogens is 326 g/mol. The summed E-state index contributed by atoms with van der Waals surface area (Å²) in [5.41, 5.74) is 1.48. The predicted octanol–water partition coefficient (Wildman–Crippen LogP) is 3.02. The first-order valence-electron chi connectivity index (χ1n) is 7.63. The average molecular weight is 347 g/mol. The van der Waals surface area contributed by atoms with Crippen LogP contribution in [0.4, 0.5) is 5.69 Å². The van der Waals surface area contributed by atoms with Gasteiger partial charge in [0.1, 0.15) is 28.6 Å². The molecule has 0 aliphatic carbocycles. The maximum absolute atomic E-state index is 12.2. The van der Waals surface area contributed by atoms with Crippen LogP contribution in [0, 0.1) is 20.8 Å². The minimum absolute atomic E-state index is 0.351. The molecule has 25 heavy (non-hydrogen) atoms. The summed E-state index contributed by atoms with van der Waals surface area (Å²) in [6.45, 7) is 4.78. The lowest BCUT2D eigenvalue weighted by Gasteiger charge is -2.12. The summed E-state index contributed by atoms with van der Waals surface area (Å²) in [5.74, 6) is 1.06. The van der Waals surface area contributed by atoms with E-state index in [0.29, 0.717) is 39.8 Å². The molecule has 0 radical (unpaired) electrons. The van der Waals surface area contributed by atoms with Crippen molar-refractivity contribution in [2.24, 2.45) is 0 Å². The van der Waals surface area contributed by atoms with Crippen LogP contribution in [0.15, 0.2) is 22.6 Å². The number of rotatable bonds is 6. The van der Waals surface area contributed by atoms with Crippen LogP contribution in [0.25, 0.3) is 0 Å². The van der Waals surface area contributed by atoms with Gasteiger partial charge in [-0.25, -0.2) is 4.79 Å². The molecule has 0 aliphatic heterocycles. The molecule has 1 amide bonds. The fourth-order valence-corrected chi connectivity index (χ4v) is 2.40. The minimum Gasteiger partial charge on any atom is -0.497 e. The summed E-state index contributed by atoms with van der Waals surface area (Å²) < 4.78 is 20.8. The van der Waals surface area contributed by atoms with E-state index < -0.39 is 18.5 Å². The van der Waals surface area contributed by atoms with Crippen LogP contribution in [0.2, 0.25) is 0 Å². The SMILES string of the molecule is COc1ccc(OC)c(NC(=O)COC(=O)c2c(C)oc(C)c2C)c1. The Labute approximate surface area is 145 Å². The molecule has 1 aromatic carbocycles. The Hall–Kier alpha value is -2.96. The summed E-state index contributed by atoms with van der Waals surface area (Å²) in [5, 5.41) is 2.63. The third-order valence-corrected chi connectivity index (χ3v) is 3.78. The van der Waals surface area contributed by atoms with Crippen LogP contribution in [0.5, 0.6) is 11.5 Å². The minimum atomic E-state index is -0.598. The number of benzene rings is 1. The van der Waals surface area contributed by atoms with Gasteiger partial charge in [-0.1, -0.05) is 0 Å². The standard InChI is InChI=1S/C18H21NO6/c1-10-11(2)25-12(3)17(10)18(21)24-9-16(20)19-14-8-13(22-4)6-7-15(14)23-5/h6-8H,9H2,1-5H3,(H,19,20). The lowest BCUT2D eigenvalue weighted by molar-refractivity contribution is -0.119. The van der Waals surface area contributed by atoms with E-state index in [9.17, 15) is 9.59 Å². The Balaban J connectivity index is 2.02. The number of aryl methyl sites for hydroxylation is 2. The average Bonchev–Trinajstić information content (AvgIpc) is 2.85. The van der Waals surface area contributed by atoms with Crippen molar-refractivity contribution in [3.63, 3.8) is 0 Å². The van der Waals surface area contributed by atoms with Gasteiger partial charge in [-0.2, -0.15) is 0 Å². The normalized spacial score (nSPS) is 10.3. The Kier molecular flexibility index (Phi) is 5.69. The predicted molar refractivity (Wildman–Crippen MR) is 91.4 cm³/mol. The lowest BCUT2D eigenvalue weighted by Crippen LogP contribution is -2.21. The molecule has 0 saturated heterocycles. The van der Waals surface area contributed by atoms with Gasteiger partial charge in [-0.15, -0.1) is 0 Å². The molecule has 0 saturated carbocycles. The third kappa shape index (κ3) is 4.12. The molecule has 0 atom stereocenters. The zero-order valence-electron chi connectivity index (χ0n) is 14.9. The molecule has 7 nitrogen and oxygen atoms in total. The number of furan rings is 1. The number of hydrogen-bond acceptors (Lipinski definition) is 6. The fourth-order valence-electron chi connectivity index (χ4n) is 2.40. The van der Waals surface area contributed by atoms with Crippen molar-refractivity contribution in [2.75, 3.05) is 26.1 Å². The lowest BCUT2D eigenvalue weighted by atomic mass is 10.1. The highest BCUT2D eigenvalue weighted by atomic mass is 16.5. The van der Waals surface area contributed by atoms with Crippen LogP contribution in [-0.4, -0.2) is 32.7 Å². The molecule has 2 aromatic rings. The smallest absolute Gasteiger partial charge is 0.342 e. The van der Waals surface area contributed by atoms with Gasteiger partial charge in [0, 0.05) is 11.6 Å². The van der Waals surface area contributed by atoms with Gasteiger partial charge >= 0.3 is 5.97 Å². The van der Waals surface area contributed by atoms with Gasteiger partial charge in [0.25, 0.3) is 5.91 Å². The summed E-state index contributed by atoms with van der Waals surface area (Å²) in [7, 11) is 3.01. The second-order valence-corrected chi connectivity index (χ2v) is 5.40. The maximum Gasteiger partial charge on any atom is 0.342 e. The summed E-state index contributed by atoms with van der Waals surface area (Å²) in [4.78, 5) is 24.3. The molecule has 134 valence electrons. The van der Waals surface area contributed by atoms with Gasteiger partial charge in [0.15, 0.2) is 6.61 Å². The van der Waals surface area contributed by atoms with Crippen LogP contribution in [-0.2, 0) is 9.53 Å². The molecule has 0 fully saturated rings. The molecule has 1 aromatic heterocycles. The van der Waals surface area contributed by atoms with Crippen molar-refractivity contribution < 1.29 is 28.2 Å². The van der Waals surface area contributed by atoms with Gasteiger partial charge in [0.2, 0.25) is 0 Å². The number of ether oxygens (including phenoxy) is 3.